The Kier molecular flexibility index (Phi) is 32.1. The van der Waals surface area contributed by atoms with Crippen molar-refractivity contribution in [2.75, 3.05) is 0 Å². The van der Waals surface area contributed by atoms with Gasteiger partial charge in [0.2, 0.25) is 0 Å². The van der Waals surface area contributed by atoms with Gasteiger partial charge in [0.1, 0.15) is 0 Å². The standard InChI is InChI=1S/3CH4N2S.H2O4S.Zn/c3*2-1(3)4;1-5(2,3)4;/h3*(H4,2,3,4);(H2,1,2,3,4);. The summed E-state index contributed by atoms with van der Waals surface area (Å²) in [6.45, 7) is 0. The predicted octanol–water partition coefficient (Wildman–Crippen LogP) is -3.09. The maximum Gasteiger partial charge on any atom is 0.394 e. The van der Waals surface area contributed by atoms with Crippen LogP contribution in [0, 0.1) is 0 Å². The first-order valence-electron chi connectivity index (χ1n) is 3.04. The van der Waals surface area contributed by atoms with Gasteiger partial charge in [0, 0.05) is 19.5 Å². The van der Waals surface area contributed by atoms with E-state index in [0.717, 1.165) is 0 Å². The van der Waals surface area contributed by atoms with E-state index in [1.165, 1.54) is 0 Å². The van der Waals surface area contributed by atoms with Gasteiger partial charge in [-0.05, 0) is 36.7 Å². The molecule has 0 aliphatic heterocycles. The van der Waals surface area contributed by atoms with Crippen LogP contribution in [-0.4, -0.2) is 32.9 Å². The van der Waals surface area contributed by atoms with Gasteiger partial charge in [0.15, 0.2) is 15.3 Å². The fourth-order valence-corrected chi connectivity index (χ4v) is 0. The van der Waals surface area contributed by atoms with E-state index in [2.05, 4.69) is 71.1 Å². The zero-order valence-electron chi connectivity index (χ0n) is 9.02. The minimum atomic E-state index is -4.67. The van der Waals surface area contributed by atoms with Crippen molar-refractivity contribution < 1.29 is 37.0 Å². The molecule has 0 heterocycles. The van der Waals surface area contributed by atoms with Gasteiger partial charge in [0.25, 0.3) is 0 Å². The van der Waals surface area contributed by atoms with Crippen molar-refractivity contribution in [3.63, 3.8) is 0 Å². The summed E-state index contributed by atoms with van der Waals surface area (Å²) in [4.78, 5) is 0. The van der Waals surface area contributed by atoms with Crippen molar-refractivity contribution in [1.82, 2.24) is 0 Å². The summed E-state index contributed by atoms with van der Waals surface area (Å²) in [5.41, 5.74) is 27.7. The van der Waals surface area contributed by atoms with E-state index in [4.69, 9.17) is 17.5 Å². The van der Waals surface area contributed by atoms with Gasteiger partial charge >= 0.3 is 10.4 Å². The molecule has 10 nitrogen and oxygen atoms in total. The Morgan fingerprint density at radius 2 is 0.722 bits per heavy atom. The minimum Gasteiger partial charge on any atom is -0.377 e. The molecule has 0 aromatic carbocycles. The fourth-order valence-electron chi connectivity index (χ4n) is 0. The Morgan fingerprint density at radius 3 is 0.722 bits per heavy atom. The van der Waals surface area contributed by atoms with Crippen LogP contribution in [0.2, 0.25) is 0 Å². The summed E-state index contributed by atoms with van der Waals surface area (Å²) >= 11 is 12.3. The van der Waals surface area contributed by atoms with Crippen LogP contribution >= 0.6 is 36.7 Å². The maximum absolute atomic E-state index is 8.74. The average Bonchev–Trinajstić information content (AvgIpc) is 1.73. The molecule has 0 radical (unpaired) electrons. The molecule has 0 aliphatic carbocycles. The second-order valence-electron chi connectivity index (χ2n) is 1.65. The zero-order valence-corrected chi connectivity index (χ0v) is 15.2. The largest absolute Gasteiger partial charge is 0.394 e. The first-order valence-corrected chi connectivity index (χ1v) is 5.66. The fraction of sp³-hybridized carbons (Fsp3) is 0. The van der Waals surface area contributed by atoms with E-state index in [-0.39, 0.29) is 34.8 Å². The Morgan fingerprint density at radius 1 is 0.722 bits per heavy atom. The molecule has 0 rings (SSSR count). The third kappa shape index (κ3) is 17300. The van der Waals surface area contributed by atoms with Crippen LogP contribution in [0.5, 0.6) is 0 Å². The Hall–Kier alpha value is -0.437. The van der Waals surface area contributed by atoms with E-state index in [1.54, 1.807) is 0 Å². The van der Waals surface area contributed by atoms with Gasteiger partial charge in [0.05, 0.1) is 0 Å². The summed E-state index contributed by atoms with van der Waals surface area (Å²) in [5, 5.41) is 0.000000000000000666. The van der Waals surface area contributed by atoms with Crippen LogP contribution in [0.15, 0.2) is 0 Å². The third-order valence-corrected chi connectivity index (χ3v) is 0. The van der Waals surface area contributed by atoms with Crippen molar-refractivity contribution in [3.05, 3.63) is 0 Å². The topological polar surface area (TPSA) is 231 Å². The van der Waals surface area contributed by atoms with E-state index < -0.39 is 10.4 Å². The van der Waals surface area contributed by atoms with E-state index in [9.17, 15) is 0 Å². The molecule has 0 atom stereocenters. The van der Waals surface area contributed by atoms with Gasteiger partial charge < -0.3 is 34.4 Å². The number of rotatable bonds is 0. The number of nitrogens with two attached hydrogens (primary N) is 6. The second-order valence-corrected chi connectivity index (χ2v) is 3.96. The number of hydrogen-bond donors (Lipinski definition) is 8. The van der Waals surface area contributed by atoms with Gasteiger partial charge in [-0.3, -0.25) is 9.11 Å². The molecular weight excluding hydrogens is 378 g/mol. The van der Waals surface area contributed by atoms with Crippen molar-refractivity contribution in [2.24, 2.45) is 34.4 Å². The first-order chi connectivity index (χ1) is 7.20. The number of thiocarbonyl (C=S) groups is 3. The molecule has 0 spiro atoms. The molecule has 0 amide bonds. The van der Waals surface area contributed by atoms with Crippen molar-refractivity contribution in [2.45, 2.75) is 0 Å². The van der Waals surface area contributed by atoms with Gasteiger partial charge in [-0.25, -0.2) is 0 Å². The second kappa shape index (κ2) is 18.9. The smallest absolute Gasteiger partial charge is 0.377 e. The first kappa shape index (κ1) is 30.5. The van der Waals surface area contributed by atoms with E-state index in [1.807, 2.05) is 0 Å². The molecule has 0 fully saturated rings. The van der Waals surface area contributed by atoms with Gasteiger partial charge in [-0.2, -0.15) is 8.42 Å². The van der Waals surface area contributed by atoms with Crippen LogP contribution in [0.3, 0.4) is 0 Å². The summed E-state index contributed by atoms with van der Waals surface area (Å²) in [6, 6.07) is 0. The van der Waals surface area contributed by atoms with Crippen molar-refractivity contribution in [1.29, 1.82) is 0 Å². The van der Waals surface area contributed by atoms with E-state index >= 15 is 0 Å². The summed E-state index contributed by atoms with van der Waals surface area (Å²) in [7, 11) is -4.67. The molecule has 15 heteroatoms. The molecule has 0 aromatic heterocycles. The maximum atomic E-state index is 8.74. The Labute approximate surface area is 133 Å². The molecule has 14 N–H and O–H groups in total. The SMILES string of the molecule is NC(N)=S.NC(N)=S.NC(N)=S.O=S(=O)(O)O.[Zn]. The van der Waals surface area contributed by atoms with Crippen LogP contribution in [-0.2, 0) is 29.9 Å². The molecule has 0 aliphatic rings. The molecule has 0 bridgehead atoms. The number of hydrogen-bond acceptors (Lipinski definition) is 5. The van der Waals surface area contributed by atoms with Crippen molar-refractivity contribution >= 4 is 62.4 Å². The molecule has 0 aromatic rings. The van der Waals surface area contributed by atoms with Crippen LogP contribution in [0.4, 0.5) is 0 Å². The molecule has 0 saturated heterocycles. The monoisotopic (exact) mass is 390 g/mol. The van der Waals surface area contributed by atoms with Crippen LogP contribution in [0.1, 0.15) is 0 Å². The van der Waals surface area contributed by atoms with Crippen molar-refractivity contribution in [3.8, 4) is 0 Å². The molecule has 18 heavy (non-hydrogen) atoms. The molecule has 106 valence electrons. The average molecular weight is 392 g/mol. The van der Waals surface area contributed by atoms with Crippen LogP contribution < -0.4 is 34.4 Å². The molecular formula is C3H14N6O4S4Zn. The van der Waals surface area contributed by atoms with Crippen LogP contribution in [0.25, 0.3) is 0 Å². The quantitative estimate of drug-likeness (QED) is 0.116. The minimum absolute atomic E-state index is 0. The Bertz CT molecular complexity index is 285. The summed E-state index contributed by atoms with van der Waals surface area (Å²) < 4.78 is 31.6. The summed E-state index contributed by atoms with van der Waals surface area (Å²) in [6.07, 6.45) is 0. The molecule has 0 saturated carbocycles. The third-order valence-electron chi connectivity index (χ3n) is 0. The van der Waals surface area contributed by atoms with Gasteiger partial charge in [-0.1, -0.05) is 0 Å². The zero-order chi connectivity index (χ0) is 15.2. The van der Waals surface area contributed by atoms with Gasteiger partial charge in [-0.15, -0.1) is 0 Å². The summed E-state index contributed by atoms with van der Waals surface area (Å²) in [5.74, 6) is 0. The Balaban J connectivity index is -0.0000000412. The molecule has 0 unspecified atom stereocenters. The van der Waals surface area contributed by atoms with E-state index in [0.29, 0.717) is 0 Å². The normalized spacial score (nSPS) is 7.22. The predicted molar refractivity (Wildman–Crippen MR) is 77.1 cm³/mol.